The number of carbonyl (C=O) groups excluding carboxylic acids is 1. The Labute approximate surface area is 102 Å². The third-order valence-corrected chi connectivity index (χ3v) is 3.37. The number of hydrogen-bond donors (Lipinski definition) is 1. The number of nitrogens with one attached hydrogen (secondary N) is 1. The van der Waals surface area contributed by atoms with Gasteiger partial charge < -0.3 is 10.1 Å². The van der Waals surface area contributed by atoms with Crippen LogP contribution in [0.3, 0.4) is 0 Å². The van der Waals surface area contributed by atoms with E-state index in [4.69, 9.17) is 4.74 Å². The lowest BCUT2D eigenvalue weighted by atomic mass is 9.89. The summed E-state index contributed by atoms with van der Waals surface area (Å²) in [7, 11) is 1.70. The second-order valence-electron chi connectivity index (χ2n) is 4.57. The normalized spacial score (nSPS) is 23.8. The minimum atomic E-state index is 0.166. The maximum absolute atomic E-state index is 11.5. The summed E-state index contributed by atoms with van der Waals surface area (Å²) in [6.07, 6.45) is 1.58. The predicted octanol–water partition coefficient (Wildman–Crippen LogP) is 2.22. The molecule has 1 aromatic carbocycles. The van der Waals surface area contributed by atoms with Gasteiger partial charge in [-0.05, 0) is 17.5 Å². The molecule has 1 aromatic rings. The van der Waals surface area contributed by atoms with Gasteiger partial charge in [0.1, 0.15) is 0 Å². The second kappa shape index (κ2) is 5.32. The van der Waals surface area contributed by atoms with Gasteiger partial charge in [0.15, 0.2) is 0 Å². The van der Waals surface area contributed by atoms with Crippen molar-refractivity contribution >= 4 is 5.91 Å². The highest BCUT2D eigenvalue weighted by molar-refractivity contribution is 5.80. The van der Waals surface area contributed by atoms with Crippen molar-refractivity contribution in [3.63, 3.8) is 0 Å². The van der Waals surface area contributed by atoms with Crippen molar-refractivity contribution in [1.82, 2.24) is 5.32 Å². The van der Waals surface area contributed by atoms with Crippen molar-refractivity contribution in [3.8, 4) is 0 Å². The summed E-state index contributed by atoms with van der Waals surface area (Å²) < 4.78 is 5.14. The first-order chi connectivity index (χ1) is 8.24. The summed E-state index contributed by atoms with van der Waals surface area (Å²) in [5.41, 5.74) is 2.41. The van der Waals surface area contributed by atoms with Crippen molar-refractivity contribution < 1.29 is 9.53 Å². The third kappa shape index (κ3) is 2.67. The maximum Gasteiger partial charge on any atom is 0.220 e. The summed E-state index contributed by atoms with van der Waals surface area (Å²) in [6.45, 7) is 2.74. The molecule has 3 heteroatoms. The van der Waals surface area contributed by atoms with Gasteiger partial charge in [-0.15, -0.1) is 0 Å². The molecule has 1 amide bonds. The van der Waals surface area contributed by atoms with Crippen LogP contribution >= 0.6 is 0 Å². The monoisotopic (exact) mass is 233 g/mol. The Balaban J connectivity index is 2.20. The fourth-order valence-electron chi connectivity index (χ4n) is 2.53. The topological polar surface area (TPSA) is 38.3 Å². The number of hydrogen-bond acceptors (Lipinski definition) is 2. The van der Waals surface area contributed by atoms with Crippen LogP contribution in [-0.4, -0.2) is 19.1 Å². The number of rotatable bonds is 4. The fourth-order valence-corrected chi connectivity index (χ4v) is 2.53. The Morgan fingerprint density at radius 3 is 3.00 bits per heavy atom. The molecule has 0 aliphatic carbocycles. The number of ether oxygens (including phenoxy) is 1. The molecule has 2 unspecified atom stereocenters. The second-order valence-corrected chi connectivity index (χ2v) is 4.57. The highest BCUT2D eigenvalue weighted by atomic mass is 16.5. The number of amides is 1. The lowest BCUT2D eigenvalue weighted by Gasteiger charge is -2.18. The standard InChI is InChI=1S/C14H19NO2/c1-3-13-12(8-14(16)15-13)11-6-4-5-10(7-11)9-17-2/h4-7,12-13H,3,8-9H2,1-2H3,(H,15,16). The summed E-state index contributed by atoms with van der Waals surface area (Å²) in [5, 5.41) is 3.03. The van der Waals surface area contributed by atoms with Crippen molar-refractivity contribution in [1.29, 1.82) is 0 Å². The molecule has 0 bridgehead atoms. The predicted molar refractivity (Wildman–Crippen MR) is 66.7 cm³/mol. The van der Waals surface area contributed by atoms with E-state index >= 15 is 0 Å². The van der Waals surface area contributed by atoms with E-state index in [9.17, 15) is 4.79 Å². The highest BCUT2D eigenvalue weighted by Gasteiger charge is 2.31. The van der Waals surface area contributed by atoms with Crippen LogP contribution in [0.15, 0.2) is 24.3 Å². The molecular formula is C14H19NO2. The first-order valence-corrected chi connectivity index (χ1v) is 6.11. The van der Waals surface area contributed by atoms with Gasteiger partial charge in [0.25, 0.3) is 0 Å². The zero-order valence-corrected chi connectivity index (χ0v) is 10.4. The highest BCUT2D eigenvalue weighted by Crippen LogP contribution is 2.30. The molecule has 1 aliphatic rings. The number of carbonyl (C=O) groups is 1. The van der Waals surface area contributed by atoms with Crippen LogP contribution in [0.25, 0.3) is 0 Å². The van der Waals surface area contributed by atoms with Gasteiger partial charge in [-0.3, -0.25) is 4.79 Å². The molecule has 0 aromatic heterocycles. The summed E-state index contributed by atoms with van der Waals surface area (Å²) in [6, 6.07) is 8.63. The van der Waals surface area contributed by atoms with E-state index < -0.39 is 0 Å². The molecule has 17 heavy (non-hydrogen) atoms. The van der Waals surface area contributed by atoms with E-state index in [-0.39, 0.29) is 11.9 Å². The zero-order chi connectivity index (χ0) is 12.3. The van der Waals surface area contributed by atoms with Crippen LogP contribution in [0.4, 0.5) is 0 Å². The Kier molecular flexibility index (Phi) is 3.79. The molecule has 2 atom stereocenters. The van der Waals surface area contributed by atoms with Gasteiger partial charge in [0.05, 0.1) is 6.61 Å². The largest absolute Gasteiger partial charge is 0.380 e. The van der Waals surface area contributed by atoms with Gasteiger partial charge in [-0.25, -0.2) is 0 Å². The van der Waals surface area contributed by atoms with Gasteiger partial charge in [0, 0.05) is 25.5 Å². The van der Waals surface area contributed by atoms with Crippen LogP contribution in [0.5, 0.6) is 0 Å². The molecule has 1 heterocycles. The smallest absolute Gasteiger partial charge is 0.220 e. The molecule has 0 saturated carbocycles. The van der Waals surface area contributed by atoms with Crippen LogP contribution in [-0.2, 0) is 16.1 Å². The van der Waals surface area contributed by atoms with Crippen molar-refractivity contribution in [2.75, 3.05) is 7.11 Å². The average Bonchev–Trinajstić information content (AvgIpc) is 2.71. The first-order valence-electron chi connectivity index (χ1n) is 6.11. The quantitative estimate of drug-likeness (QED) is 0.866. The lowest BCUT2D eigenvalue weighted by Crippen LogP contribution is -2.27. The number of benzene rings is 1. The molecule has 0 radical (unpaired) electrons. The minimum Gasteiger partial charge on any atom is -0.380 e. The Hall–Kier alpha value is -1.35. The van der Waals surface area contributed by atoms with E-state index in [1.807, 2.05) is 6.07 Å². The molecule has 1 aliphatic heterocycles. The maximum atomic E-state index is 11.5. The molecule has 2 rings (SSSR count). The molecule has 92 valence electrons. The van der Waals surface area contributed by atoms with Crippen LogP contribution in [0.1, 0.15) is 36.8 Å². The van der Waals surface area contributed by atoms with Crippen molar-refractivity contribution in [3.05, 3.63) is 35.4 Å². The van der Waals surface area contributed by atoms with E-state index in [0.717, 1.165) is 6.42 Å². The molecular weight excluding hydrogens is 214 g/mol. The Bertz CT molecular complexity index is 403. The van der Waals surface area contributed by atoms with Crippen LogP contribution < -0.4 is 5.32 Å². The molecule has 1 N–H and O–H groups in total. The first kappa shape index (κ1) is 12.1. The summed E-state index contributed by atoms with van der Waals surface area (Å²) in [4.78, 5) is 11.5. The molecule has 1 saturated heterocycles. The van der Waals surface area contributed by atoms with Crippen LogP contribution in [0, 0.1) is 0 Å². The molecule has 1 fully saturated rings. The van der Waals surface area contributed by atoms with Crippen molar-refractivity contribution in [2.45, 2.75) is 38.3 Å². The zero-order valence-electron chi connectivity index (χ0n) is 10.4. The third-order valence-electron chi connectivity index (χ3n) is 3.37. The van der Waals surface area contributed by atoms with E-state index in [1.165, 1.54) is 11.1 Å². The lowest BCUT2D eigenvalue weighted by molar-refractivity contribution is -0.119. The molecule has 3 nitrogen and oxygen atoms in total. The van der Waals surface area contributed by atoms with Gasteiger partial charge in [-0.1, -0.05) is 31.2 Å². The van der Waals surface area contributed by atoms with Crippen LogP contribution in [0.2, 0.25) is 0 Å². The number of methoxy groups -OCH3 is 1. The minimum absolute atomic E-state index is 0.166. The van der Waals surface area contributed by atoms with E-state index in [2.05, 4.69) is 30.4 Å². The van der Waals surface area contributed by atoms with Gasteiger partial charge in [0.2, 0.25) is 5.91 Å². The summed E-state index contributed by atoms with van der Waals surface area (Å²) >= 11 is 0. The summed E-state index contributed by atoms with van der Waals surface area (Å²) in [5.74, 6) is 0.475. The average molecular weight is 233 g/mol. The van der Waals surface area contributed by atoms with E-state index in [1.54, 1.807) is 7.11 Å². The van der Waals surface area contributed by atoms with E-state index in [0.29, 0.717) is 18.9 Å². The van der Waals surface area contributed by atoms with Gasteiger partial charge >= 0.3 is 0 Å². The fraction of sp³-hybridized carbons (Fsp3) is 0.500. The van der Waals surface area contributed by atoms with Crippen molar-refractivity contribution in [2.24, 2.45) is 0 Å². The van der Waals surface area contributed by atoms with Gasteiger partial charge in [-0.2, -0.15) is 0 Å². The SMILES string of the molecule is CCC1NC(=O)CC1c1cccc(COC)c1. The molecule has 0 spiro atoms. The Morgan fingerprint density at radius 1 is 1.47 bits per heavy atom. The Morgan fingerprint density at radius 2 is 2.29 bits per heavy atom.